The molecule has 1 atom stereocenters. The van der Waals surface area contributed by atoms with E-state index in [1.54, 1.807) is 0 Å². The van der Waals surface area contributed by atoms with Gasteiger partial charge in [-0.1, -0.05) is 38.1 Å². The van der Waals surface area contributed by atoms with Gasteiger partial charge in [-0.05, 0) is 24.1 Å². The summed E-state index contributed by atoms with van der Waals surface area (Å²) in [7, 11) is 0. The third-order valence-corrected chi connectivity index (χ3v) is 2.40. The molecule has 3 nitrogen and oxygen atoms in total. The third kappa shape index (κ3) is 2.80. The van der Waals surface area contributed by atoms with Crippen LogP contribution in [-0.4, -0.2) is 17.6 Å². The van der Waals surface area contributed by atoms with Crippen molar-refractivity contribution < 1.29 is 9.90 Å². The minimum Gasteiger partial charge on any atom is -0.480 e. The van der Waals surface area contributed by atoms with E-state index in [-0.39, 0.29) is 0 Å². The molecule has 1 rings (SSSR count). The van der Waals surface area contributed by atoms with Gasteiger partial charge >= 0.3 is 5.97 Å². The largest absolute Gasteiger partial charge is 0.480 e. The second kappa shape index (κ2) is 5.51. The molecule has 0 radical (unpaired) electrons. The number of carboxylic acid groups (broad SMARTS) is 1. The van der Waals surface area contributed by atoms with Crippen molar-refractivity contribution in [3.05, 3.63) is 35.4 Å². The Bertz CT molecular complexity index is 336. The molecule has 0 aromatic heterocycles. The highest BCUT2D eigenvalue weighted by Gasteiger charge is 2.20. The zero-order chi connectivity index (χ0) is 11.3. The molecule has 0 heterocycles. The van der Waals surface area contributed by atoms with E-state index in [0.717, 1.165) is 17.5 Å². The van der Waals surface area contributed by atoms with Crippen LogP contribution in [0.1, 0.15) is 31.0 Å². The van der Waals surface area contributed by atoms with Crippen LogP contribution in [0.25, 0.3) is 0 Å². The maximum atomic E-state index is 11.1. The molecule has 0 aliphatic carbocycles. The second-order valence-corrected chi connectivity index (χ2v) is 3.38. The van der Waals surface area contributed by atoms with E-state index in [2.05, 4.69) is 5.32 Å². The fourth-order valence-electron chi connectivity index (χ4n) is 1.67. The maximum Gasteiger partial charge on any atom is 0.325 e. The Morgan fingerprint density at radius 3 is 2.60 bits per heavy atom. The van der Waals surface area contributed by atoms with Crippen LogP contribution >= 0.6 is 0 Å². The average Bonchev–Trinajstić information content (AvgIpc) is 2.25. The minimum atomic E-state index is -0.822. The molecule has 0 fully saturated rings. The lowest BCUT2D eigenvalue weighted by atomic mass is 9.98. The molecule has 3 heteroatoms. The molecule has 0 bridgehead atoms. The summed E-state index contributed by atoms with van der Waals surface area (Å²) in [6, 6.07) is 7.07. The van der Waals surface area contributed by atoms with E-state index in [9.17, 15) is 4.79 Å². The summed E-state index contributed by atoms with van der Waals surface area (Å²) < 4.78 is 0. The van der Waals surface area contributed by atoms with E-state index in [4.69, 9.17) is 5.11 Å². The molecule has 0 spiro atoms. The van der Waals surface area contributed by atoms with Gasteiger partial charge in [-0.15, -0.1) is 0 Å². The first kappa shape index (κ1) is 11.7. The van der Waals surface area contributed by atoms with Crippen LogP contribution in [-0.2, 0) is 11.2 Å². The van der Waals surface area contributed by atoms with Crippen molar-refractivity contribution in [1.82, 2.24) is 5.32 Å². The van der Waals surface area contributed by atoms with Crippen molar-refractivity contribution in [3.8, 4) is 0 Å². The zero-order valence-electron chi connectivity index (χ0n) is 9.16. The molecule has 0 aliphatic rings. The van der Waals surface area contributed by atoms with Gasteiger partial charge in [0.1, 0.15) is 6.04 Å². The van der Waals surface area contributed by atoms with Gasteiger partial charge in [0, 0.05) is 0 Å². The standard InChI is InChI=1S/C12H17NO2/c1-3-9-7-5-6-8-10(9)11(12(14)15)13-4-2/h5-8,11,13H,3-4H2,1-2H3,(H,14,15). The lowest BCUT2D eigenvalue weighted by Gasteiger charge is -2.16. The number of carbonyl (C=O) groups is 1. The van der Waals surface area contributed by atoms with Crippen LogP contribution in [0.3, 0.4) is 0 Å². The topological polar surface area (TPSA) is 49.3 Å². The number of likely N-dealkylation sites (N-methyl/N-ethyl adjacent to an activating group) is 1. The Morgan fingerprint density at radius 2 is 2.07 bits per heavy atom. The van der Waals surface area contributed by atoms with Crippen LogP contribution < -0.4 is 5.32 Å². The lowest BCUT2D eigenvalue weighted by molar-refractivity contribution is -0.139. The molecule has 1 aromatic carbocycles. The molecule has 2 N–H and O–H groups in total. The summed E-state index contributed by atoms with van der Waals surface area (Å²) in [6.45, 7) is 4.59. The van der Waals surface area contributed by atoms with Crippen LogP contribution in [0, 0.1) is 0 Å². The molecule has 1 unspecified atom stereocenters. The molecule has 0 saturated carbocycles. The Balaban J connectivity index is 3.04. The van der Waals surface area contributed by atoms with Crippen LogP contribution in [0.4, 0.5) is 0 Å². The number of hydrogen-bond acceptors (Lipinski definition) is 2. The smallest absolute Gasteiger partial charge is 0.325 e. The van der Waals surface area contributed by atoms with Gasteiger partial charge in [-0.3, -0.25) is 4.79 Å². The summed E-state index contributed by atoms with van der Waals surface area (Å²) in [4.78, 5) is 11.1. The molecule has 0 amide bonds. The number of benzene rings is 1. The van der Waals surface area contributed by atoms with Gasteiger partial charge < -0.3 is 10.4 Å². The van der Waals surface area contributed by atoms with Gasteiger partial charge in [-0.25, -0.2) is 0 Å². The van der Waals surface area contributed by atoms with Gasteiger partial charge in [0.15, 0.2) is 0 Å². The molecular formula is C12H17NO2. The summed E-state index contributed by atoms with van der Waals surface area (Å²) in [5.74, 6) is -0.822. The Morgan fingerprint density at radius 1 is 1.40 bits per heavy atom. The first-order valence-corrected chi connectivity index (χ1v) is 5.24. The lowest BCUT2D eigenvalue weighted by Crippen LogP contribution is -2.29. The molecule has 15 heavy (non-hydrogen) atoms. The Kier molecular flexibility index (Phi) is 4.31. The van der Waals surface area contributed by atoms with Gasteiger partial charge in [0.25, 0.3) is 0 Å². The van der Waals surface area contributed by atoms with E-state index in [1.807, 2.05) is 38.1 Å². The normalized spacial score (nSPS) is 12.4. The fourth-order valence-corrected chi connectivity index (χ4v) is 1.67. The fraction of sp³-hybridized carbons (Fsp3) is 0.417. The van der Waals surface area contributed by atoms with Crippen molar-refractivity contribution in [2.24, 2.45) is 0 Å². The number of aliphatic carboxylic acids is 1. The third-order valence-electron chi connectivity index (χ3n) is 2.40. The highest BCUT2D eigenvalue weighted by Crippen LogP contribution is 2.18. The van der Waals surface area contributed by atoms with Crippen molar-refractivity contribution in [1.29, 1.82) is 0 Å². The maximum absolute atomic E-state index is 11.1. The number of carboxylic acids is 1. The van der Waals surface area contributed by atoms with Crippen molar-refractivity contribution in [2.45, 2.75) is 26.3 Å². The molecule has 0 aliphatic heterocycles. The first-order valence-electron chi connectivity index (χ1n) is 5.24. The number of rotatable bonds is 5. The van der Waals surface area contributed by atoms with Crippen molar-refractivity contribution in [2.75, 3.05) is 6.54 Å². The SMILES string of the molecule is CCNC(C(=O)O)c1ccccc1CC. The molecule has 82 valence electrons. The molecule has 0 saturated heterocycles. The first-order chi connectivity index (χ1) is 7.20. The zero-order valence-corrected chi connectivity index (χ0v) is 9.16. The average molecular weight is 207 g/mol. The van der Waals surface area contributed by atoms with Gasteiger partial charge in [0.2, 0.25) is 0 Å². The summed E-state index contributed by atoms with van der Waals surface area (Å²) >= 11 is 0. The van der Waals surface area contributed by atoms with Gasteiger partial charge in [-0.2, -0.15) is 0 Å². The number of nitrogens with one attached hydrogen (secondary N) is 1. The van der Waals surface area contributed by atoms with Crippen molar-refractivity contribution in [3.63, 3.8) is 0 Å². The monoisotopic (exact) mass is 207 g/mol. The Labute approximate surface area is 90.1 Å². The highest BCUT2D eigenvalue weighted by molar-refractivity contribution is 5.76. The summed E-state index contributed by atoms with van der Waals surface area (Å²) in [5.41, 5.74) is 1.96. The molecule has 1 aromatic rings. The van der Waals surface area contributed by atoms with Crippen LogP contribution in [0.5, 0.6) is 0 Å². The Hall–Kier alpha value is -1.35. The predicted octanol–water partition coefficient (Wildman–Crippen LogP) is 1.98. The predicted molar refractivity (Wildman–Crippen MR) is 59.9 cm³/mol. The number of aryl methyl sites for hydroxylation is 1. The minimum absolute atomic E-state index is 0.592. The molecular weight excluding hydrogens is 190 g/mol. The highest BCUT2D eigenvalue weighted by atomic mass is 16.4. The van der Waals surface area contributed by atoms with Crippen LogP contribution in [0.15, 0.2) is 24.3 Å². The van der Waals surface area contributed by atoms with E-state index >= 15 is 0 Å². The van der Waals surface area contributed by atoms with E-state index < -0.39 is 12.0 Å². The van der Waals surface area contributed by atoms with E-state index in [1.165, 1.54) is 0 Å². The van der Waals surface area contributed by atoms with Crippen LogP contribution in [0.2, 0.25) is 0 Å². The van der Waals surface area contributed by atoms with Gasteiger partial charge in [0.05, 0.1) is 0 Å². The van der Waals surface area contributed by atoms with Crippen molar-refractivity contribution >= 4 is 5.97 Å². The summed E-state index contributed by atoms with van der Waals surface area (Å²) in [6.07, 6.45) is 0.853. The van der Waals surface area contributed by atoms with E-state index in [0.29, 0.717) is 6.54 Å². The quantitative estimate of drug-likeness (QED) is 0.776. The number of hydrogen-bond donors (Lipinski definition) is 2. The summed E-state index contributed by atoms with van der Waals surface area (Å²) in [5, 5.41) is 12.1. The second-order valence-electron chi connectivity index (χ2n) is 3.38.